The lowest BCUT2D eigenvalue weighted by Crippen LogP contribution is -1.82. The third-order valence-corrected chi connectivity index (χ3v) is 1.21. The number of nitrogens with zero attached hydrogens (tertiary/aromatic N) is 1. The van der Waals surface area contributed by atoms with Crippen LogP contribution in [0.3, 0.4) is 0 Å². The van der Waals surface area contributed by atoms with Gasteiger partial charge in [0.25, 0.3) is 5.88 Å². The molecule has 0 saturated heterocycles. The van der Waals surface area contributed by atoms with Gasteiger partial charge in [-0.05, 0) is 12.5 Å². The van der Waals surface area contributed by atoms with Crippen molar-refractivity contribution in [2.45, 2.75) is 6.42 Å². The van der Waals surface area contributed by atoms with Crippen LogP contribution in [0.1, 0.15) is 5.56 Å². The Labute approximate surface area is 59.9 Å². The second-order valence-corrected chi connectivity index (χ2v) is 1.96. The summed E-state index contributed by atoms with van der Waals surface area (Å²) in [6.45, 7) is 3.53. The number of allylic oxidation sites excluding steroid dienone is 1. The van der Waals surface area contributed by atoms with E-state index in [4.69, 9.17) is 0 Å². The van der Waals surface area contributed by atoms with Gasteiger partial charge in [0.15, 0.2) is 0 Å². The molecule has 1 rings (SSSR count). The van der Waals surface area contributed by atoms with E-state index in [2.05, 4.69) is 11.6 Å². The molecule has 0 aliphatic heterocycles. The lowest BCUT2D eigenvalue weighted by molar-refractivity contribution is 0.333. The van der Waals surface area contributed by atoms with Crippen molar-refractivity contribution in [3.05, 3.63) is 36.5 Å². The summed E-state index contributed by atoms with van der Waals surface area (Å²) >= 11 is 0. The molecule has 0 saturated carbocycles. The summed E-state index contributed by atoms with van der Waals surface area (Å²) in [5.41, 5.74) is 0.706. The first-order valence-electron chi connectivity index (χ1n) is 3.06. The van der Waals surface area contributed by atoms with Gasteiger partial charge in [-0.15, -0.1) is 6.58 Å². The zero-order valence-corrected chi connectivity index (χ0v) is 5.58. The molecule has 1 aromatic heterocycles. The van der Waals surface area contributed by atoms with Crippen LogP contribution in [0.4, 0.5) is 0 Å². The lowest BCUT2D eigenvalue weighted by atomic mass is 10.2. The molecule has 0 bridgehead atoms. The summed E-state index contributed by atoms with van der Waals surface area (Å²) in [6, 6.07) is 3.51. The van der Waals surface area contributed by atoms with Crippen LogP contribution in [-0.2, 0) is 11.5 Å². The summed E-state index contributed by atoms with van der Waals surface area (Å²) in [6.07, 6.45) is 3.79. The van der Waals surface area contributed by atoms with E-state index in [9.17, 15) is 5.11 Å². The van der Waals surface area contributed by atoms with Gasteiger partial charge in [-0.2, -0.15) is 0 Å². The highest BCUT2D eigenvalue weighted by molar-refractivity contribution is 5.25. The minimum absolute atomic E-state index is 0.151. The van der Waals surface area contributed by atoms with E-state index < -0.39 is 0 Å². The van der Waals surface area contributed by atoms with E-state index in [0.29, 0.717) is 12.0 Å². The van der Waals surface area contributed by atoms with Crippen molar-refractivity contribution in [2.24, 2.45) is 0 Å². The van der Waals surface area contributed by atoms with Gasteiger partial charge in [0.1, 0.15) is 0 Å². The SMILES string of the molecule is C=CCc1cccnc1[O]. The number of rotatable bonds is 2. The average Bonchev–Trinajstić information content (AvgIpc) is 1.94. The maximum atomic E-state index is 10.9. The molecule has 1 radical (unpaired) electrons. The zero-order valence-electron chi connectivity index (χ0n) is 5.58. The van der Waals surface area contributed by atoms with E-state index in [1.165, 1.54) is 6.20 Å². The van der Waals surface area contributed by atoms with Crippen molar-refractivity contribution < 1.29 is 5.11 Å². The van der Waals surface area contributed by atoms with Crippen LogP contribution in [0.2, 0.25) is 0 Å². The molecular formula is C8H8NO. The van der Waals surface area contributed by atoms with Gasteiger partial charge in [0, 0.05) is 11.8 Å². The minimum atomic E-state index is -0.151. The first-order valence-corrected chi connectivity index (χ1v) is 3.06. The van der Waals surface area contributed by atoms with Crippen LogP contribution >= 0.6 is 0 Å². The highest BCUT2D eigenvalue weighted by Crippen LogP contribution is 2.12. The molecule has 0 fully saturated rings. The Hall–Kier alpha value is -1.31. The predicted molar refractivity (Wildman–Crippen MR) is 38.3 cm³/mol. The number of pyridine rings is 1. The quantitative estimate of drug-likeness (QED) is 0.569. The zero-order chi connectivity index (χ0) is 7.40. The Morgan fingerprint density at radius 3 is 3.10 bits per heavy atom. The van der Waals surface area contributed by atoms with E-state index in [1.807, 2.05) is 0 Å². The Bertz CT molecular complexity index is 232. The molecule has 0 N–H and O–H groups in total. The van der Waals surface area contributed by atoms with Gasteiger partial charge in [-0.25, -0.2) is 4.98 Å². The fraction of sp³-hybridized carbons (Fsp3) is 0.125. The van der Waals surface area contributed by atoms with Gasteiger partial charge in [-0.1, -0.05) is 12.1 Å². The number of hydrogen-bond acceptors (Lipinski definition) is 1. The molecule has 0 atom stereocenters. The van der Waals surface area contributed by atoms with Crippen molar-refractivity contribution in [2.75, 3.05) is 0 Å². The average molecular weight is 134 g/mol. The maximum absolute atomic E-state index is 10.9. The normalized spacial score (nSPS) is 9.20. The van der Waals surface area contributed by atoms with Crippen molar-refractivity contribution >= 4 is 0 Å². The van der Waals surface area contributed by atoms with Crippen molar-refractivity contribution in [3.8, 4) is 5.88 Å². The first kappa shape index (κ1) is 6.81. The molecule has 10 heavy (non-hydrogen) atoms. The smallest absolute Gasteiger partial charge is 0.267 e. The fourth-order valence-corrected chi connectivity index (χ4v) is 0.735. The Kier molecular flexibility index (Phi) is 2.05. The maximum Gasteiger partial charge on any atom is 0.273 e. The largest absolute Gasteiger partial charge is 0.273 e. The molecule has 0 aliphatic carbocycles. The summed E-state index contributed by atoms with van der Waals surface area (Å²) in [4.78, 5) is 3.59. The van der Waals surface area contributed by atoms with Crippen LogP contribution < -0.4 is 0 Å². The molecule has 1 heterocycles. The van der Waals surface area contributed by atoms with Gasteiger partial charge in [0.2, 0.25) is 0 Å². The molecule has 51 valence electrons. The Morgan fingerprint density at radius 1 is 1.70 bits per heavy atom. The monoisotopic (exact) mass is 134 g/mol. The van der Waals surface area contributed by atoms with E-state index in [-0.39, 0.29) is 5.88 Å². The molecule has 2 heteroatoms. The summed E-state index contributed by atoms with van der Waals surface area (Å²) in [5, 5.41) is 10.9. The molecule has 0 aliphatic rings. The third-order valence-electron chi connectivity index (χ3n) is 1.21. The van der Waals surface area contributed by atoms with Crippen molar-refractivity contribution in [1.82, 2.24) is 4.98 Å². The second-order valence-electron chi connectivity index (χ2n) is 1.96. The summed E-state index contributed by atoms with van der Waals surface area (Å²) in [5.74, 6) is -0.151. The number of hydrogen-bond donors (Lipinski definition) is 0. The standard InChI is InChI=1S/C8H8NO/c1-2-4-7-5-3-6-9-8(7)10/h2-3,5-6H,1,4H2. The Morgan fingerprint density at radius 2 is 2.50 bits per heavy atom. The molecule has 0 unspecified atom stereocenters. The molecule has 0 spiro atoms. The fourth-order valence-electron chi connectivity index (χ4n) is 0.735. The highest BCUT2D eigenvalue weighted by Gasteiger charge is 1.98. The highest BCUT2D eigenvalue weighted by atomic mass is 16.3. The molecule has 0 amide bonds. The summed E-state index contributed by atoms with van der Waals surface area (Å²) in [7, 11) is 0. The van der Waals surface area contributed by atoms with Crippen LogP contribution in [-0.4, -0.2) is 4.98 Å². The van der Waals surface area contributed by atoms with Gasteiger partial charge in [-0.3, -0.25) is 5.11 Å². The number of aromatic nitrogens is 1. The van der Waals surface area contributed by atoms with Crippen LogP contribution in [0.25, 0.3) is 0 Å². The second kappa shape index (κ2) is 3.01. The van der Waals surface area contributed by atoms with Crippen LogP contribution in [0.15, 0.2) is 31.0 Å². The van der Waals surface area contributed by atoms with Gasteiger partial charge < -0.3 is 0 Å². The van der Waals surface area contributed by atoms with Gasteiger partial charge in [0.05, 0.1) is 0 Å². The lowest BCUT2D eigenvalue weighted by Gasteiger charge is -1.93. The van der Waals surface area contributed by atoms with E-state index in [1.54, 1.807) is 18.2 Å². The first-order chi connectivity index (χ1) is 4.84. The minimum Gasteiger partial charge on any atom is -0.267 e. The van der Waals surface area contributed by atoms with Crippen LogP contribution in [0.5, 0.6) is 5.88 Å². The van der Waals surface area contributed by atoms with E-state index in [0.717, 1.165) is 0 Å². The predicted octanol–water partition coefficient (Wildman–Crippen LogP) is 1.95. The van der Waals surface area contributed by atoms with Crippen LogP contribution in [0, 0.1) is 0 Å². The summed E-state index contributed by atoms with van der Waals surface area (Å²) < 4.78 is 0. The van der Waals surface area contributed by atoms with Crippen molar-refractivity contribution in [1.29, 1.82) is 0 Å². The molecule has 1 aromatic rings. The topological polar surface area (TPSA) is 32.8 Å². The molecule has 2 nitrogen and oxygen atoms in total. The molecule has 0 aromatic carbocycles. The van der Waals surface area contributed by atoms with E-state index >= 15 is 0 Å². The molecular weight excluding hydrogens is 126 g/mol. The van der Waals surface area contributed by atoms with Gasteiger partial charge >= 0.3 is 0 Å². The van der Waals surface area contributed by atoms with Crippen molar-refractivity contribution in [3.63, 3.8) is 0 Å². The Balaban J connectivity index is 2.91. The third kappa shape index (κ3) is 1.35.